The number of carbonyl (C=O) groups is 1. The minimum atomic E-state index is -0.120. The molecule has 0 unspecified atom stereocenters. The fourth-order valence-corrected chi connectivity index (χ4v) is 4.21. The molecule has 0 saturated carbocycles. The SMILES string of the molecule is C=C/C(C)=C\Cc1cnc(C2=CC(=O)C(=C)CC(/C=C\C(=C/C)N3CCCC(=C)CC3)=N2)cc1C=C. The summed E-state index contributed by atoms with van der Waals surface area (Å²) in [5, 5.41) is 0. The van der Waals surface area contributed by atoms with Gasteiger partial charge in [-0.25, -0.2) is 0 Å². The molecule has 1 aromatic heterocycles. The Bertz CT molecular complexity index is 1220. The molecule has 1 saturated heterocycles. The zero-order chi connectivity index (χ0) is 26.1. The zero-order valence-corrected chi connectivity index (χ0v) is 21.7. The molecule has 2 aliphatic heterocycles. The van der Waals surface area contributed by atoms with E-state index in [-0.39, 0.29) is 5.78 Å². The van der Waals surface area contributed by atoms with Gasteiger partial charge in [0, 0.05) is 43.2 Å². The van der Waals surface area contributed by atoms with Crippen molar-refractivity contribution >= 4 is 23.3 Å². The lowest BCUT2D eigenvalue weighted by molar-refractivity contribution is -0.111. The number of aliphatic imine (C=N–C) groups is 1. The quantitative estimate of drug-likeness (QED) is 0.225. The Kier molecular flexibility index (Phi) is 9.52. The second-order valence-corrected chi connectivity index (χ2v) is 9.24. The molecule has 0 aromatic carbocycles. The van der Waals surface area contributed by atoms with Crippen molar-refractivity contribution in [3.8, 4) is 0 Å². The van der Waals surface area contributed by atoms with Crippen molar-refractivity contribution in [2.75, 3.05) is 13.1 Å². The van der Waals surface area contributed by atoms with Gasteiger partial charge >= 0.3 is 0 Å². The first kappa shape index (κ1) is 26.8. The van der Waals surface area contributed by atoms with E-state index < -0.39 is 0 Å². The van der Waals surface area contributed by atoms with E-state index in [0.717, 1.165) is 66.9 Å². The molecular formula is C32H37N3O. The summed E-state index contributed by atoms with van der Waals surface area (Å²) in [7, 11) is 0. The molecule has 0 amide bonds. The van der Waals surface area contributed by atoms with Crippen LogP contribution in [0.25, 0.3) is 11.8 Å². The van der Waals surface area contributed by atoms with Crippen LogP contribution >= 0.6 is 0 Å². The van der Waals surface area contributed by atoms with Gasteiger partial charge in [-0.2, -0.15) is 0 Å². The number of nitrogens with zero attached hydrogens (tertiary/aromatic N) is 3. The summed E-state index contributed by atoms with van der Waals surface area (Å²) in [6.07, 6.45) is 19.7. The Labute approximate surface area is 216 Å². The van der Waals surface area contributed by atoms with Gasteiger partial charge in [-0.15, -0.1) is 0 Å². The van der Waals surface area contributed by atoms with Crippen LogP contribution in [-0.4, -0.2) is 34.5 Å². The van der Waals surface area contributed by atoms with E-state index in [9.17, 15) is 4.79 Å². The van der Waals surface area contributed by atoms with Crippen LogP contribution in [0.15, 0.2) is 102 Å². The van der Waals surface area contributed by atoms with E-state index in [1.165, 1.54) is 11.6 Å². The first-order valence-corrected chi connectivity index (χ1v) is 12.5. The molecule has 186 valence electrons. The predicted octanol–water partition coefficient (Wildman–Crippen LogP) is 7.21. The number of carbonyl (C=O) groups excluding carboxylic acids is 1. The van der Waals surface area contributed by atoms with Gasteiger partial charge in [0.2, 0.25) is 0 Å². The van der Waals surface area contributed by atoms with Crippen molar-refractivity contribution in [2.45, 2.75) is 46.0 Å². The van der Waals surface area contributed by atoms with Gasteiger partial charge in [-0.3, -0.25) is 14.8 Å². The highest BCUT2D eigenvalue weighted by molar-refractivity contribution is 6.15. The van der Waals surface area contributed by atoms with Gasteiger partial charge in [0.1, 0.15) is 0 Å². The van der Waals surface area contributed by atoms with Crippen molar-refractivity contribution in [2.24, 2.45) is 4.99 Å². The molecule has 0 bridgehead atoms. The largest absolute Gasteiger partial charge is 0.371 e. The Balaban J connectivity index is 1.90. The Morgan fingerprint density at radius 1 is 1.19 bits per heavy atom. The molecule has 1 fully saturated rings. The first-order valence-electron chi connectivity index (χ1n) is 12.5. The van der Waals surface area contributed by atoms with Crippen molar-refractivity contribution < 1.29 is 4.79 Å². The molecule has 4 heteroatoms. The highest BCUT2D eigenvalue weighted by atomic mass is 16.1. The lowest BCUT2D eigenvalue weighted by Gasteiger charge is -2.23. The second kappa shape index (κ2) is 12.8. The molecule has 3 heterocycles. The number of hydrogen-bond donors (Lipinski definition) is 0. The number of likely N-dealkylation sites (tertiary alicyclic amines) is 1. The van der Waals surface area contributed by atoms with E-state index in [1.807, 2.05) is 37.4 Å². The van der Waals surface area contributed by atoms with Crippen molar-refractivity contribution in [3.63, 3.8) is 0 Å². The average molecular weight is 480 g/mol. The number of allylic oxidation sites excluding steroid dienone is 8. The van der Waals surface area contributed by atoms with Crippen LogP contribution in [0.4, 0.5) is 0 Å². The lowest BCUT2D eigenvalue weighted by Crippen LogP contribution is -2.23. The molecule has 0 atom stereocenters. The fraction of sp³-hybridized carbons (Fsp3) is 0.281. The maximum absolute atomic E-state index is 12.7. The minimum Gasteiger partial charge on any atom is -0.371 e. The van der Waals surface area contributed by atoms with Gasteiger partial charge in [-0.1, -0.05) is 61.8 Å². The van der Waals surface area contributed by atoms with Crippen molar-refractivity contribution in [1.82, 2.24) is 9.88 Å². The van der Waals surface area contributed by atoms with Crippen molar-refractivity contribution in [1.29, 1.82) is 0 Å². The summed E-state index contributed by atoms with van der Waals surface area (Å²) in [6, 6.07) is 1.94. The zero-order valence-electron chi connectivity index (χ0n) is 21.7. The van der Waals surface area contributed by atoms with Crippen LogP contribution in [0.5, 0.6) is 0 Å². The van der Waals surface area contributed by atoms with Crippen LogP contribution in [0, 0.1) is 0 Å². The van der Waals surface area contributed by atoms with Gasteiger partial charge in [0.15, 0.2) is 5.78 Å². The molecule has 4 nitrogen and oxygen atoms in total. The number of hydrogen-bond acceptors (Lipinski definition) is 4. The molecule has 3 rings (SSSR count). The highest BCUT2D eigenvalue weighted by Crippen LogP contribution is 2.25. The van der Waals surface area contributed by atoms with Crippen LogP contribution in [0.3, 0.4) is 0 Å². The molecule has 0 radical (unpaired) electrons. The summed E-state index contributed by atoms with van der Waals surface area (Å²) in [6.45, 7) is 22.0. The summed E-state index contributed by atoms with van der Waals surface area (Å²) in [5.74, 6) is -0.120. The van der Waals surface area contributed by atoms with Crippen LogP contribution in [0.1, 0.15) is 56.4 Å². The van der Waals surface area contributed by atoms with Crippen molar-refractivity contribution in [3.05, 3.63) is 114 Å². The first-order chi connectivity index (χ1) is 17.3. The molecule has 36 heavy (non-hydrogen) atoms. The summed E-state index contributed by atoms with van der Waals surface area (Å²) < 4.78 is 0. The van der Waals surface area contributed by atoms with E-state index >= 15 is 0 Å². The number of rotatable bonds is 8. The van der Waals surface area contributed by atoms with E-state index in [0.29, 0.717) is 23.4 Å². The van der Waals surface area contributed by atoms with Gasteiger partial charge in [0.05, 0.1) is 11.4 Å². The third-order valence-corrected chi connectivity index (χ3v) is 6.55. The molecular weight excluding hydrogens is 442 g/mol. The summed E-state index contributed by atoms with van der Waals surface area (Å²) >= 11 is 0. The number of aromatic nitrogens is 1. The van der Waals surface area contributed by atoms with Crippen LogP contribution in [0.2, 0.25) is 0 Å². The lowest BCUT2D eigenvalue weighted by atomic mass is 10.0. The summed E-state index contributed by atoms with van der Waals surface area (Å²) in [4.78, 5) is 24.6. The molecule has 2 aliphatic rings. The normalized spacial score (nSPS) is 18.1. The van der Waals surface area contributed by atoms with Gasteiger partial charge in [0.25, 0.3) is 0 Å². The third kappa shape index (κ3) is 7.11. The summed E-state index contributed by atoms with van der Waals surface area (Å²) in [5.41, 5.74) is 8.09. The monoisotopic (exact) mass is 479 g/mol. The maximum Gasteiger partial charge on any atom is 0.183 e. The number of pyridine rings is 1. The average Bonchev–Trinajstić information content (AvgIpc) is 3.18. The second-order valence-electron chi connectivity index (χ2n) is 9.24. The van der Waals surface area contributed by atoms with E-state index in [1.54, 1.807) is 0 Å². The standard InChI is InChI=1S/C32H37N3O/c1-7-23(4)12-13-27-22-33-30(20-26(27)8-2)31-21-32(36)25(6)19-28(34-31)14-15-29(9-3)35-17-10-11-24(5)16-18-35/h7-9,12,14-15,20-22H,1-2,5-6,10-11,13,16-19H2,3-4H3/b15-14-,23-12-,29-9+. The fourth-order valence-electron chi connectivity index (χ4n) is 4.21. The minimum absolute atomic E-state index is 0.120. The van der Waals surface area contributed by atoms with Gasteiger partial charge < -0.3 is 4.90 Å². The number of ketones is 1. The molecule has 0 aliphatic carbocycles. The van der Waals surface area contributed by atoms with E-state index in [4.69, 9.17) is 4.99 Å². The highest BCUT2D eigenvalue weighted by Gasteiger charge is 2.17. The topological polar surface area (TPSA) is 45.6 Å². The van der Waals surface area contributed by atoms with Gasteiger partial charge in [-0.05, 0) is 74.4 Å². The maximum atomic E-state index is 12.7. The Morgan fingerprint density at radius 2 is 2.00 bits per heavy atom. The Morgan fingerprint density at radius 3 is 2.72 bits per heavy atom. The third-order valence-electron chi connectivity index (χ3n) is 6.55. The van der Waals surface area contributed by atoms with Crippen LogP contribution in [-0.2, 0) is 11.2 Å². The Hall–Kier alpha value is -3.79. The van der Waals surface area contributed by atoms with E-state index in [2.05, 4.69) is 61.4 Å². The molecule has 0 spiro atoms. The smallest absolute Gasteiger partial charge is 0.183 e. The predicted molar refractivity (Wildman–Crippen MR) is 154 cm³/mol. The molecule has 0 N–H and O–H groups in total. The molecule has 1 aromatic rings. The van der Waals surface area contributed by atoms with Crippen LogP contribution < -0.4 is 0 Å².